The first kappa shape index (κ1) is 25.5. The molecule has 3 aromatic carbocycles. The molecule has 39 heavy (non-hydrogen) atoms. The van der Waals surface area contributed by atoms with Crippen LogP contribution in [0.4, 0.5) is 0 Å². The van der Waals surface area contributed by atoms with E-state index in [1.54, 1.807) is 11.1 Å². The van der Waals surface area contributed by atoms with Gasteiger partial charge in [-0.2, -0.15) is 5.10 Å². The van der Waals surface area contributed by atoms with E-state index in [1.165, 1.54) is 0 Å². The number of H-pyrrole nitrogens is 1. The van der Waals surface area contributed by atoms with Crippen LogP contribution in [0.2, 0.25) is 5.02 Å². The molecule has 4 aromatic rings. The molecule has 0 spiro atoms. The van der Waals surface area contributed by atoms with Crippen LogP contribution in [0.5, 0.6) is 0 Å². The summed E-state index contributed by atoms with van der Waals surface area (Å²) in [7, 11) is 2.10. The third-order valence-electron chi connectivity index (χ3n) is 7.63. The molecule has 0 radical (unpaired) electrons. The molecule has 1 fully saturated rings. The second-order valence-electron chi connectivity index (χ2n) is 10.3. The van der Waals surface area contributed by atoms with Crippen LogP contribution in [0.3, 0.4) is 0 Å². The van der Waals surface area contributed by atoms with Gasteiger partial charge in [-0.15, -0.1) is 0 Å². The minimum atomic E-state index is -0.292. The Labute approximate surface area is 232 Å². The van der Waals surface area contributed by atoms with E-state index >= 15 is 0 Å². The summed E-state index contributed by atoms with van der Waals surface area (Å²) < 4.78 is 0. The average molecular weight is 540 g/mol. The highest BCUT2D eigenvalue weighted by molar-refractivity contribution is 6.31. The fourth-order valence-corrected chi connectivity index (χ4v) is 5.71. The normalized spacial score (nSPS) is 18.5. The number of likely N-dealkylation sites (N-methyl/N-ethyl adjacent to an activating group) is 1. The summed E-state index contributed by atoms with van der Waals surface area (Å²) in [4.78, 5) is 34.9. The van der Waals surface area contributed by atoms with Crippen LogP contribution in [0.25, 0.3) is 22.0 Å². The second-order valence-corrected chi connectivity index (χ2v) is 10.7. The predicted octanol–water partition coefficient (Wildman–Crippen LogP) is 4.77. The number of carbonyl (C=O) groups excluding carboxylic acids is 1. The topological polar surface area (TPSA) is 72.0 Å². The van der Waals surface area contributed by atoms with Crippen LogP contribution in [-0.4, -0.2) is 71.2 Å². The molecule has 1 unspecified atom stereocenters. The molecule has 1 saturated heterocycles. The van der Waals surface area contributed by atoms with Gasteiger partial charge in [-0.25, -0.2) is 5.01 Å². The van der Waals surface area contributed by atoms with Crippen molar-refractivity contribution in [3.8, 4) is 11.1 Å². The molecule has 1 aromatic heterocycles. The summed E-state index contributed by atoms with van der Waals surface area (Å²) in [6.45, 7) is 3.83. The molecule has 0 aliphatic carbocycles. The molecular formula is C31H30ClN5O2. The zero-order chi connectivity index (χ0) is 26.9. The van der Waals surface area contributed by atoms with Crippen molar-refractivity contribution in [1.29, 1.82) is 0 Å². The smallest absolute Gasteiger partial charge is 0.258 e. The van der Waals surface area contributed by atoms with Crippen molar-refractivity contribution >= 4 is 34.1 Å². The molecule has 2 aliphatic heterocycles. The maximum atomic E-state index is 13.7. The fourth-order valence-electron chi connectivity index (χ4n) is 5.54. The number of halogens is 1. The number of hydrogen-bond acceptors (Lipinski definition) is 5. The number of fused-ring (bicyclic) bond motifs is 1. The van der Waals surface area contributed by atoms with Gasteiger partial charge in [0.25, 0.3) is 11.5 Å². The van der Waals surface area contributed by atoms with Gasteiger partial charge in [-0.1, -0.05) is 72.3 Å². The zero-order valence-electron chi connectivity index (χ0n) is 21.8. The van der Waals surface area contributed by atoms with Crippen molar-refractivity contribution < 1.29 is 4.79 Å². The molecular weight excluding hydrogens is 510 g/mol. The number of piperazine rings is 1. The lowest BCUT2D eigenvalue weighted by Gasteiger charge is -2.33. The Morgan fingerprint density at radius 3 is 2.36 bits per heavy atom. The minimum Gasteiger partial charge on any atom is -0.321 e. The maximum absolute atomic E-state index is 13.7. The highest BCUT2D eigenvalue weighted by Crippen LogP contribution is 2.37. The van der Waals surface area contributed by atoms with Gasteiger partial charge in [0.1, 0.15) is 0 Å². The largest absolute Gasteiger partial charge is 0.321 e. The third-order valence-corrected chi connectivity index (χ3v) is 7.87. The van der Waals surface area contributed by atoms with E-state index < -0.39 is 0 Å². The average Bonchev–Trinajstić information content (AvgIpc) is 3.40. The highest BCUT2D eigenvalue weighted by Gasteiger charge is 2.36. The van der Waals surface area contributed by atoms with Crippen LogP contribution in [-0.2, 0) is 4.79 Å². The summed E-state index contributed by atoms with van der Waals surface area (Å²) in [6, 6.07) is 24.9. The van der Waals surface area contributed by atoms with Crippen molar-refractivity contribution in [2.45, 2.75) is 12.5 Å². The van der Waals surface area contributed by atoms with E-state index in [4.69, 9.17) is 16.7 Å². The number of aromatic nitrogens is 1. The van der Waals surface area contributed by atoms with Crippen LogP contribution in [0.1, 0.15) is 23.6 Å². The SMILES string of the molecule is CN1CCN(CC(=O)N2N=C(c3c(-c4ccccc4)c4cc(Cl)ccc4[nH]c3=O)CC2c2ccccc2)CC1. The van der Waals surface area contributed by atoms with Crippen LogP contribution in [0, 0.1) is 0 Å². The molecule has 2 aliphatic rings. The van der Waals surface area contributed by atoms with E-state index in [2.05, 4.69) is 21.8 Å². The summed E-state index contributed by atoms with van der Waals surface area (Å²) in [5.41, 5.74) is 4.20. The molecule has 7 nitrogen and oxygen atoms in total. The number of pyridine rings is 1. The summed E-state index contributed by atoms with van der Waals surface area (Å²) in [5.74, 6) is -0.0649. The van der Waals surface area contributed by atoms with Gasteiger partial charge >= 0.3 is 0 Å². The fraction of sp³-hybridized carbons (Fsp3) is 0.258. The van der Waals surface area contributed by atoms with Gasteiger partial charge in [-0.3, -0.25) is 14.5 Å². The van der Waals surface area contributed by atoms with Gasteiger partial charge < -0.3 is 9.88 Å². The Morgan fingerprint density at radius 2 is 1.64 bits per heavy atom. The number of rotatable bonds is 5. The number of amides is 1. The Bertz CT molecular complexity index is 1590. The van der Waals surface area contributed by atoms with Crippen molar-refractivity contribution in [1.82, 2.24) is 19.8 Å². The van der Waals surface area contributed by atoms with Crippen LogP contribution < -0.4 is 5.56 Å². The lowest BCUT2D eigenvalue weighted by Crippen LogP contribution is -2.48. The van der Waals surface area contributed by atoms with E-state index in [-0.39, 0.29) is 17.5 Å². The molecule has 8 heteroatoms. The highest BCUT2D eigenvalue weighted by atomic mass is 35.5. The van der Waals surface area contributed by atoms with Crippen molar-refractivity contribution in [2.75, 3.05) is 39.8 Å². The molecule has 0 saturated carbocycles. The van der Waals surface area contributed by atoms with Gasteiger partial charge in [0.2, 0.25) is 0 Å². The van der Waals surface area contributed by atoms with E-state index in [0.29, 0.717) is 34.8 Å². The van der Waals surface area contributed by atoms with Crippen molar-refractivity contribution in [3.63, 3.8) is 0 Å². The standard InChI is InChI=1S/C31H30ClN5O2/c1-35-14-16-36(17-15-35)20-28(38)37-27(21-8-4-2-5-9-21)19-26(34-37)30-29(22-10-6-3-7-11-22)24-18-23(32)12-13-25(24)33-31(30)39/h2-13,18,27H,14-17,19-20H2,1H3,(H,33,39). The third kappa shape index (κ3) is 5.13. The van der Waals surface area contributed by atoms with Crippen LogP contribution in [0.15, 0.2) is 88.8 Å². The van der Waals surface area contributed by atoms with Crippen molar-refractivity contribution in [3.05, 3.63) is 105 Å². The van der Waals surface area contributed by atoms with Crippen LogP contribution >= 0.6 is 11.6 Å². The molecule has 0 bridgehead atoms. The number of carbonyl (C=O) groups is 1. The quantitative estimate of drug-likeness (QED) is 0.396. The summed E-state index contributed by atoms with van der Waals surface area (Å²) >= 11 is 6.42. The number of hydrazone groups is 1. The number of hydrogen-bond donors (Lipinski definition) is 1. The first-order chi connectivity index (χ1) is 19.0. The molecule has 3 heterocycles. The van der Waals surface area contributed by atoms with E-state index in [9.17, 15) is 9.59 Å². The molecule has 1 amide bonds. The number of nitrogens with zero attached hydrogens (tertiary/aromatic N) is 4. The number of nitrogens with one attached hydrogen (secondary N) is 1. The Hall–Kier alpha value is -3.78. The minimum absolute atomic E-state index is 0.0649. The van der Waals surface area contributed by atoms with E-state index in [1.807, 2.05) is 72.8 Å². The molecule has 1 N–H and O–H groups in total. The zero-order valence-corrected chi connectivity index (χ0v) is 22.6. The Balaban J connectivity index is 1.46. The van der Waals surface area contributed by atoms with Gasteiger partial charge in [0, 0.05) is 54.1 Å². The summed E-state index contributed by atoms with van der Waals surface area (Å²) in [5, 5.41) is 7.90. The molecule has 6 rings (SSSR count). The molecule has 1 atom stereocenters. The maximum Gasteiger partial charge on any atom is 0.258 e. The van der Waals surface area contributed by atoms with Crippen molar-refractivity contribution in [2.24, 2.45) is 5.10 Å². The summed E-state index contributed by atoms with van der Waals surface area (Å²) in [6.07, 6.45) is 0.438. The van der Waals surface area contributed by atoms with Gasteiger partial charge in [-0.05, 0) is 36.4 Å². The second kappa shape index (κ2) is 10.8. The Morgan fingerprint density at radius 1 is 0.949 bits per heavy atom. The number of benzene rings is 3. The monoisotopic (exact) mass is 539 g/mol. The predicted molar refractivity (Wildman–Crippen MR) is 156 cm³/mol. The first-order valence-electron chi connectivity index (χ1n) is 13.2. The van der Waals surface area contributed by atoms with Gasteiger partial charge in [0.15, 0.2) is 0 Å². The lowest BCUT2D eigenvalue weighted by molar-refractivity contribution is -0.134. The van der Waals surface area contributed by atoms with Gasteiger partial charge in [0.05, 0.1) is 23.9 Å². The lowest BCUT2D eigenvalue weighted by atomic mass is 9.91. The molecule has 198 valence electrons. The number of aromatic amines is 1. The first-order valence-corrected chi connectivity index (χ1v) is 13.6. The Kier molecular flexibility index (Phi) is 7.04. The van der Waals surface area contributed by atoms with E-state index in [0.717, 1.165) is 48.3 Å².